The molecule has 4 heteroatoms. The summed E-state index contributed by atoms with van der Waals surface area (Å²) in [6.07, 6.45) is 1.09. The molecule has 1 aromatic carbocycles. The molecule has 1 aromatic heterocycles. The lowest BCUT2D eigenvalue weighted by atomic mass is 10.0. The fraction of sp³-hybridized carbons (Fsp3) is 0.0769. The van der Waals surface area contributed by atoms with Gasteiger partial charge in [0.25, 0.3) is 0 Å². The standard InChI is InChI=1S/C13H8ClNO2/c14-11-6-9-10(7-15-11)13(16)17-12(9)8-4-2-1-3-5-8/h1-7,12H. The molecular formula is C13H8ClNO2. The smallest absolute Gasteiger partial charge is 0.341 e. The van der Waals surface area contributed by atoms with Gasteiger partial charge in [-0.3, -0.25) is 0 Å². The quantitative estimate of drug-likeness (QED) is 0.573. The third-order valence-corrected chi connectivity index (χ3v) is 2.94. The van der Waals surface area contributed by atoms with E-state index >= 15 is 0 Å². The highest BCUT2D eigenvalue weighted by Gasteiger charge is 2.32. The Morgan fingerprint density at radius 2 is 2.00 bits per heavy atom. The van der Waals surface area contributed by atoms with E-state index < -0.39 is 0 Å². The molecule has 84 valence electrons. The van der Waals surface area contributed by atoms with Gasteiger partial charge in [0.2, 0.25) is 0 Å². The van der Waals surface area contributed by atoms with E-state index in [1.807, 2.05) is 30.3 Å². The number of carbonyl (C=O) groups excluding carboxylic acids is 1. The molecule has 0 saturated heterocycles. The van der Waals surface area contributed by atoms with Crippen LogP contribution in [0.3, 0.4) is 0 Å². The van der Waals surface area contributed by atoms with Crippen molar-refractivity contribution in [2.75, 3.05) is 0 Å². The Kier molecular flexibility index (Phi) is 2.34. The number of carbonyl (C=O) groups is 1. The molecule has 0 amide bonds. The number of ether oxygens (including phenoxy) is 1. The molecule has 1 aliphatic rings. The second-order valence-corrected chi connectivity index (χ2v) is 4.18. The van der Waals surface area contributed by atoms with Crippen LogP contribution in [-0.4, -0.2) is 11.0 Å². The van der Waals surface area contributed by atoms with E-state index in [0.29, 0.717) is 10.7 Å². The number of benzene rings is 1. The summed E-state index contributed by atoms with van der Waals surface area (Å²) in [4.78, 5) is 15.5. The summed E-state index contributed by atoms with van der Waals surface area (Å²) in [7, 11) is 0. The summed E-state index contributed by atoms with van der Waals surface area (Å²) in [6, 6.07) is 11.2. The number of fused-ring (bicyclic) bond motifs is 1. The van der Waals surface area contributed by atoms with Gasteiger partial charge >= 0.3 is 5.97 Å². The molecule has 1 unspecified atom stereocenters. The van der Waals surface area contributed by atoms with Gasteiger partial charge in [-0.25, -0.2) is 9.78 Å². The molecule has 0 fully saturated rings. The number of hydrogen-bond acceptors (Lipinski definition) is 3. The van der Waals surface area contributed by atoms with Crippen LogP contribution in [0.1, 0.15) is 27.6 Å². The highest BCUT2D eigenvalue weighted by molar-refractivity contribution is 6.29. The number of aromatic nitrogens is 1. The van der Waals surface area contributed by atoms with E-state index in [1.165, 1.54) is 6.20 Å². The van der Waals surface area contributed by atoms with Crippen LogP contribution in [0, 0.1) is 0 Å². The van der Waals surface area contributed by atoms with Crippen LogP contribution in [0.4, 0.5) is 0 Å². The van der Waals surface area contributed by atoms with Crippen LogP contribution >= 0.6 is 11.6 Å². The lowest BCUT2D eigenvalue weighted by Gasteiger charge is -2.10. The van der Waals surface area contributed by atoms with Gasteiger partial charge in [0, 0.05) is 11.8 Å². The zero-order valence-corrected chi connectivity index (χ0v) is 9.52. The minimum Gasteiger partial charge on any atom is -0.449 e. The molecular weight excluding hydrogens is 238 g/mol. The van der Waals surface area contributed by atoms with E-state index in [-0.39, 0.29) is 12.1 Å². The largest absolute Gasteiger partial charge is 0.449 e. The van der Waals surface area contributed by atoms with Crippen molar-refractivity contribution in [2.45, 2.75) is 6.10 Å². The number of pyridine rings is 1. The average molecular weight is 246 g/mol. The van der Waals surface area contributed by atoms with Crippen molar-refractivity contribution in [1.29, 1.82) is 0 Å². The molecule has 2 aromatic rings. The molecule has 0 N–H and O–H groups in total. The number of hydrogen-bond donors (Lipinski definition) is 0. The molecule has 2 heterocycles. The van der Waals surface area contributed by atoms with Gasteiger partial charge in [-0.15, -0.1) is 0 Å². The van der Waals surface area contributed by atoms with Crippen molar-refractivity contribution >= 4 is 17.6 Å². The Balaban J connectivity index is 2.13. The zero-order valence-electron chi connectivity index (χ0n) is 8.76. The van der Waals surface area contributed by atoms with Crippen LogP contribution in [-0.2, 0) is 4.74 Å². The predicted octanol–water partition coefficient (Wildman–Crippen LogP) is 2.99. The van der Waals surface area contributed by atoms with Gasteiger partial charge in [0.1, 0.15) is 5.15 Å². The van der Waals surface area contributed by atoms with Crippen LogP contribution in [0.2, 0.25) is 5.15 Å². The SMILES string of the molecule is O=C1OC(c2ccccc2)c2cc(Cl)ncc21. The van der Waals surface area contributed by atoms with Gasteiger partial charge in [-0.2, -0.15) is 0 Å². The molecule has 0 aliphatic carbocycles. The third kappa shape index (κ3) is 1.68. The molecule has 1 atom stereocenters. The highest BCUT2D eigenvalue weighted by atomic mass is 35.5. The van der Waals surface area contributed by atoms with E-state index in [2.05, 4.69) is 4.98 Å². The fourth-order valence-electron chi connectivity index (χ4n) is 1.94. The molecule has 0 saturated carbocycles. The molecule has 17 heavy (non-hydrogen) atoms. The van der Waals surface area contributed by atoms with E-state index in [1.54, 1.807) is 6.07 Å². The van der Waals surface area contributed by atoms with Crippen LogP contribution in [0.25, 0.3) is 0 Å². The van der Waals surface area contributed by atoms with Gasteiger partial charge in [0.15, 0.2) is 6.10 Å². The van der Waals surface area contributed by atoms with E-state index in [4.69, 9.17) is 16.3 Å². The van der Waals surface area contributed by atoms with Gasteiger partial charge < -0.3 is 4.74 Å². The number of esters is 1. The molecule has 3 nitrogen and oxygen atoms in total. The van der Waals surface area contributed by atoms with Gasteiger partial charge in [-0.05, 0) is 11.6 Å². The van der Waals surface area contributed by atoms with Crippen LogP contribution < -0.4 is 0 Å². The molecule has 0 radical (unpaired) electrons. The maximum absolute atomic E-state index is 11.7. The second kappa shape index (κ2) is 3.86. The maximum atomic E-state index is 11.7. The predicted molar refractivity (Wildman–Crippen MR) is 62.9 cm³/mol. The minimum atomic E-state index is -0.376. The Labute approximate surface area is 103 Å². The summed E-state index contributed by atoms with van der Waals surface area (Å²) in [5, 5.41) is 0.364. The van der Waals surface area contributed by atoms with Gasteiger partial charge in [0.05, 0.1) is 5.56 Å². The molecule has 0 bridgehead atoms. The topological polar surface area (TPSA) is 39.2 Å². The summed E-state index contributed by atoms with van der Waals surface area (Å²) in [5.74, 6) is -0.349. The summed E-state index contributed by atoms with van der Waals surface area (Å²) < 4.78 is 5.34. The molecule has 3 rings (SSSR count). The first-order valence-electron chi connectivity index (χ1n) is 5.17. The highest BCUT2D eigenvalue weighted by Crippen LogP contribution is 2.36. The number of halogens is 1. The van der Waals surface area contributed by atoms with Crippen molar-refractivity contribution in [2.24, 2.45) is 0 Å². The number of cyclic esters (lactones) is 1. The van der Waals surface area contributed by atoms with Crippen molar-refractivity contribution < 1.29 is 9.53 Å². The first-order chi connectivity index (χ1) is 8.25. The average Bonchev–Trinajstić information content (AvgIpc) is 2.67. The second-order valence-electron chi connectivity index (χ2n) is 3.79. The number of nitrogens with zero attached hydrogens (tertiary/aromatic N) is 1. The normalized spacial score (nSPS) is 17.7. The lowest BCUT2D eigenvalue weighted by Crippen LogP contribution is -2.00. The fourth-order valence-corrected chi connectivity index (χ4v) is 2.11. The third-order valence-electron chi connectivity index (χ3n) is 2.73. The van der Waals surface area contributed by atoms with Crippen LogP contribution in [0.15, 0.2) is 42.6 Å². The maximum Gasteiger partial charge on any atom is 0.341 e. The van der Waals surface area contributed by atoms with Crippen molar-refractivity contribution in [3.8, 4) is 0 Å². The number of rotatable bonds is 1. The first kappa shape index (κ1) is 10.3. The first-order valence-corrected chi connectivity index (χ1v) is 5.55. The Hall–Kier alpha value is -1.87. The van der Waals surface area contributed by atoms with Gasteiger partial charge in [-0.1, -0.05) is 41.9 Å². The zero-order chi connectivity index (χ0) is 11.8. The minimum absolute atomic E-state index is 0.349. The van der Waals surface area contributed by atoms with Crippen molar-refractivity contribution in [3.63, 3.8) is 0 Å². The molecule has 0 spiro atoms. The summed E-state index contributed by atoms with van der Waals surface area (Å²) in [5.41, 5.74) is 2.20. The van der Waals surface area contributed by atoms with E-state index in [9.17, 15) is 4.79 Å². The molecule has 1 aliphatic heterocycles. The summed E-state index contributed by atoms with van der Waals surface area (Å²) in [6.45, 7) is 0. The van der Waals surface area contributed by atoms with E-state index in [0.717, 1.165) is 11.1 Å². The van der Waals surface area contributed by atoms with Crippen molar-refractivity contribution in [3.05, 3.63) is 64.4 Å². The van der Waals surface area contributed by atoms with Crippen molar-refractivity contribution in [1.82, 2.24) is 4.98 Å². The monoisotopic (exact) mass is 245 g/mol. The Morgan fingerprint density at radius 1 is 1.24 bits per heavy atom. The Morgan fingerprint density at radius 3 is 2.76 bits per heavy atom. The Bertz CT molecular complexity index is 583. The van der Waals surface area contributed by atoms with Crippen LogP contribution in [0.5, 0.6) is 0 Å². The lowest BCUT2D eigenvalue weighted by molar-refractivity contribution is 0.0455. The summed E-state index contributed by atoms with van der Waals surface area (Å²) >= 11 is 5.85.